The second kappa shape index (κ2) is 9.83. The Bertz CT molecular complexity index is 830. The molecule has 1 saturated heterocycles. The van der Waals surface area contributed by atoms with Crippen LogP contribution in [0.3, 0.4) is 0 Å². The van der Waals surface area contributed by atoms with E-state index in [9.17, 15) is 18.0 Å². The van der Waals surface area contributed by atoms with Crippen molar-refractivity contribution in [2.45, 2.75) is 37.5 Å². The summed E-state index contributed by atoms with van der Waals surface area (Å²) in [6.45, 7) is 0.911. The third-order valence-electron chi connectivity index (χ3n) is 5.21. The molecule has 0 bridgehead atoms. The van der Waals surface area contributed by atoms with E-state index in [2.05, 4.69) is 10.2 Å². The van der Waals surface area contributed by atoms with Crippen molar-refractivity contribution in [2.24, 2.45) is 0 Å². The van der Waals surface area contributed by atoms with E-state index >= 15 is 0 Å². The van der Waals surface area contributed by atoms with Crippen LogP contribution in [0, 0.1) is 0 Å². The molecule has 3 rings (SSSR count). The lowest BCUT2D eigenvalue weighted by molar-refractivity contribution is -0.137. The normalized spacial score (nSPS) is 18.6. The molecule has 3 nitrogen and oxygen atoms in total. The average Bonchev–Trinajstić information content (AvgIpc) is 2.66. The van der Waals surface area contributed by atoms with Gasteiger partial charge in [0.25, 0.3) is 5.91 Å². The molecule has 1 fully saturated rings. The standard InChI is InChI=1S/C21H22ClF3N2O.ClH/c1-27-13-6-5-12-17(27)19(14-8-3-2-4-9-14)26-20(28)15-10-7-11-16(18(15)22)21(23,24)25;/h2-4,7-11,17,19H,5-6,12-13H2,1H3,(H,26,28);1H/t17-,19?;/m0./s1. The van der Waals surface area contributed by atoms with Crippen molar-refractivity contribution in [1.29, 1.82) is 0 Å². The maximum atomic E-state index is 13.1. The topological polar surface area (TPSA) is 32.3 Å². The Labute approximate surface area is 179 Å². The summed E-state index contributed by atoms with van der Waals surface area (Å²) in [6.07, 6.45) is -1.59. The number of benzene rings is 2. The Morgan fingerprint density at radius 2 is 1.83 bits per heavy atom. The molecule has 0 aromatic heterocycles. The van der Waals surface area contributed by atoms with Crippen LogP contribution in [0.5, 0.6) is 0 Å². The van der Waals surface area contributed by atoms with Crippen LogP contribution in [-0.4, -0.2) is 30.4 Å². The van der Waals surface area contributed by atoms with Gasteiger partial charge >= 0.3 is 6.18 Å². The van der Waals surface area contributed by atoms with Gasteiger partial charge in [0.05, 0.1) is 22.2 Å². The van der Waals surface area contributed by atoms with Crippen LogP contribution < -0.4 is 5.32 Å². The number of carbonyl (C=O) groups excluding carboxylic acids is 1. The lowest BCUT2D eigenvalue weighted by Crippen LogP contribution is -2.47. The number of hydrogen-bond donors (Lipinski definition) is 1. The van der Waals surface area contributed by atoms with Crippen LogP contribution in [0.25, 0.3) is 0 Å². The molecule has 2 aromatic carbocycles. The zero-order valence-corrected chi connectivity index (χ0v) is 17.4. The number of rotatable bonds is 4. The lowest BCUT2D eigenvalue weighted by Gasteiger charge is -2.38. The number of likely N-dealkylation sites (tertiary alicyclic amines) is 1. The predicted molar refractivity (Wildman–Crippen MR) is 111 cm³/mol. The van der Waals surface area contributed by atoms with Gasteiger partial charge in [0, 0.05) is 6.04 Å². The van der Waals surface area contributed by atoms with Crippen molar-refractivity contribution in [2.75, 3.05) is 13.6 Å². The van der Waals surface area contributed by atoms with E-state index in [1.54, 1.807) is 0 Å². The summed E-state index contributed by atoms with van der Waals surface area (Å²) in [5, 5.41) is 2.36. The van der Waals surface area contributed by atoms with Crippen LogP contribution in [0.2, 0.25) is 5.02 Å². The molecular formula is C21H23Cl2F3N2O. The molecule has 0 spiro atoms. The van der Waals surface area contributed by atoms with E-state index in [4.69, 9.17) is 11.6 Å². The first kappa shape index (κ1) is 23.5. The molecule has 0 saturated carbocycles. The molecule has 0 radical (unpaired) electrons. The number of nitrogens with one attached hydrogen (secondary N) is 1. The fraction of sp³-hybridized carbons (Fsp3) is 0.381. The van der Waals surface area contributed by atoms with E-state index in [0.717, 1.165) is 37.4 Å². The second-order valence-electron chi connectivity index (χ2n) is 7.07. The molecule has 29 heavy (non-hydrogen) atoms. The minimum atomic E-state index is -4.62. The summed E-state index contributed by atoms with van der Waals surface area (Å²) in [5.74, 6) is -0.607. The molecule has 8 heteroatoms. The Kier molecular flexibility index (Phi) is 7.97. The second-order valence-corrected chi connectivity index (χ2v) is 7.45. The van der Waals surface area contributed by atoms with Gasteiger partial charge in [-0.25, -0.2) is 0 Å². The van der Waals surface area contributed by atoms with Crippen LogP contribution in [0.15, 0.2) is 48.5 Å². The molecule has 1 N–H and O–H groups in total. The third kappa shape index (κ3) is 5.44. The molecule has 1 amide bonds. The van der Waals surface area contributed by atoms with E-state index < -0.39 is 22.7 Å². The zero-order chi connectivity index (χ0) is 20.3. The van der Waals surface area contributed by atoms with E-state index in [1.807, 2.05) is 37.4 Å². The number of piperidine rings is 1. The van der Waals surface area contributed by atoms with Gasteiger partial charge in [0.1, 0.15) is 0 Å². The monoisotopic (exact) mass is 446 g/mol. The SMILES string of the molecule is CN1CCCC[C@H]1C(NC(=O)c1cccc(C(F)(F)F)c1Cl)c1ccccc1.Cl. The van der Waals surface area contributed by atoms with Gasteiger partial charge in [0.2, 0.25) is 0 Å². The first-order valence-corrected chi connectivity index (χ1v) is 9.58. The number of amides is 1. The number of halogens is 5. The molecule has 1 aliphatic rings. The van der Waals surface area contributed by atoms with E-state index in [-0.39, 0.29) is 30.1 Å². The van der Waals surface area contributed by atoms with Gasteiger partial charge < -0.3 is 10.2 Å². The van der Waals surface area contributed by atoms with Crippen molar-refractivity contribution < 1.29 is 18.0 Å². The fourth-order valence-corrected chi connectivity index (χ4v) is 4.05. The van der Waals surface area contributed by atoms with Crippen LogP contribution in [0.1, 0.15) is 46.8 Å². The average molecular weight is 447 g/mol. The lowest BCUT2D eigenvalue weighted by atomic mass is 9.91. The fourth-order valence-electron chi connectivity index (χ4n) is 3.73. The van der Waals surface area contributed by atoms with Crippen LogP contribution >= 0.6 is 24.0 Å². The van der Waals surface area contributed by atoms with Gasteiger partial charge in [0.15, 0.2) is 0 Å². The highest BCUT2D eigenvalue weighted by molar-refractivity contribution is 6.34. The van der Waals surface area contributed by atoms with E-state index in [1.165, 1.54) is 12.1 Å². The molecule has 1 heterocycles. The summed E-state index contributed by atoms with van der Waals surface area (Å²) in [6, 6.07) is 12.6. The Morgan fingerprint density at radius 3 is 2.45 bits per heavy atom. The smallest absolute Gasteiger partial charge is 0.344 e. The summed E-state index contributed by atoms with van der Waals surface area (Å²) in [4.78, 5) is 15.1. The highest BCUT2D eigenvalue weighted by Gasteiger charge is 2.36. The van der Waals surface area contributed by atoms with Gasteiger partial charge in [-0.15, -0.1) is 12.4 Å². The number of hydrogen-bond acceptors (Lipinski definition) is 2. The first-order chi connectivity index (χ1) is 13.3. The highest BCUT2D eigenvalue weighted by Crippen LogP contribution is 2.36. The molecule has 1 unspecified atom stereocenters. The summed E-state index contributed by atoms with van der Waals surface area (Å²) in [7, 11) is 2.00. The molecule has 2 atom stereocenters. The first-order valence-electron chi connectivity index (χ1n) is 9.21. The van der Waals surface area contributed by atoms with Crippen molar-refractivity contribution >= 4 is 29.9 Å². The predicted octanol–water partition coefficient (Wildman–Crippen LogP) is 5.74. The number of carbonyl (C=O) groups is 1. The maximum absolute atomic E-state index is 13.1. The van der Waals surface area contributed by atoms with Crippen LogP contribution in [0.4, 0.5) is 13.2 Å². The number of likely N-dealkylation sites (N-methyl/N-ethyl adjacent to an activating group) is 1. The van der Waals surface area contributed by atoms with E-state index in [0.29, 0.717) is 0 Å². The summed E-state index contributed by atoms with van der Waals surface area (Å²) < 4.78 is 39.4. The third-order valence-corrected chi connectivity index (χ3v) is 5.61. The Morgan fingerprint density at radius 1 is 1.14 bits per heavy atom. The van der Waals surface area contributed by atoms with Crippen molar-refractivity contribution in [1.82, 2.24) is 10.2 Å². The van der Waals surface area contributed by atoms with Gasteiger partial charge in [-0.1, -0.05) is 54.4 Å². The maximum Gasteiger partial charge on any atom is 0.417 e. The molecular weight excluding hydrogens is 424 g/mol. The minimum Gasteiger partial charge on any atom is -0.344 e. The van der Waals surface area contributed by atoms with Crippen molar-refractivity contribution in [3.8, 4) is 0 Å². The zero-order valence-electron chi connectivity index (χ0n) is 15.9. The Hall–Kier alpha value is -1.76. The molecule has 2 aromatic rings. The van der Waals surface area contributed by atoms with Crippen LogP contribution in [-0.2, 0) is 6.18 Å². The van der Waals surface area contributed by atoms with Gasteiger partial charge in [-0.2, -0.15) is 13.2 Å². The van der Waals surface area contributed by atoms with Crippen molar-refractivity contribution in [3.05, 3.63) is 70.2 Å². The molecule has 158 valence electrons. The summed E-state index contributed by atoms with van der Waals surface area (Å²) in [5.41, 5.74) is -0.263. The number of alkyl halides is 3. The molecule has 0 aliphatic carbocycles. The minimum absolute atomic E-state index is 0. The quantitative estimate of drug-likeness (QED) is 0.649. The van der Waals surface area contributed by atoms with Crippen molar-refractivity contribution in [3.63, 3.8) is 0 Å². The largest absolute Gasteiger partial charge is 0.417 e. The summed E-state index contributed by atoms with van der Waals surface area (Å²) >= 11 is 5.94. The Balaban J connectivity index is 0.00000300. The van der Waals surface area contributed by atoms with Gasteiger partial charge in [-0.3, -0.25) is 4.79 Å². The highest BCUT2D eigenvalue weighted by atomic mass is 35.5. The van der Waals surface area contributed by atoms with Gasteiger partial charge in [-0.05, 0) is 44.1 Å². The molecule has 1 aliphatic heterocycles. The number of nitrogens with zero attached hydrogens (tertiary/aromatic N) is 1.